The van der Waals surface area contributed by atoms with Gasteiger partial charge in [0.2, 0.25) is 5.76 Å². The number of alkyl halides is 2. The lowest BCUT2D eigenvalue weighted by atomic mass is 9.60. The molecule has 2 amide bonds. The van der Waals surface area contributed by atoms with Crippen LogP contribution in [0.1, 0.15) is 54.8 Å². The number of carbonyl (C=O) groups excluding carboxylic acids is 3. The summed E-state index contributed by atoms with van der Waals surface area (Å²) < 4.78 is 48.3. The van der Waals surface area contributed by atoms with Crippen molar-refractivity contribution >= 4 is 17.6 Å². The number of hydrogen-bond donors (Lipinski definition) is 2. The summed E-state index contributed by atoms with van der Waals surface area (Å²) in [4.78, 5) is 37.6. The van der Waals surface area contributed by atoms with Gasteiger partial charge in [0.25, 0.3) is 18.2 Å². The highest BCUT2D eigenvalue weighted by atomic mass is 19.3. The van der Waals surface area contributed by atoms with Crippen molar-refractivity contribution in [2.45, 2.75) is 49.6 Å². The minimum atomic E-state index is -2.86. The summed E-state index contributed by atoms with van der Waals surface area (Å²) in [6.45, 7) is -0.333. The summed E-state index contributed by atoms with van der Waals surface area (Å²) >= 11 is 0. The second-order valence-corrected chi connectivity index (χ2v) is 8.12. The van der Waals surface area contributed by atoms with Crippen molar-refractivity contribution in [3.05, 3.63) is 47.6 Å². The van der Waals surface area contributed by atoms with Gasteiger partial charge >= 0.3 is 0 Å². The molecule has 1 aromatic heterocycles. The number of benzene rings is 1. The third-order valence-electron chi connectivity index (χ3n) is 6.01. The molecule has 0 unspecified atom stereocenters. The van der Waals surface area contributed by atoms with Crippen molar-refractivity contribution in [2.75, 3.05) is 6.61 Å². The average molecular weight is 451 g/mol. The Morgan fingerprint density at radius 3 is 2.41 bits per heavy atom. The molecule has 32 heavy (non-hydrogen) atoms. The Morgan fingerprint density at radius 1 is 1.12 bits per heavy atom. The second kappa shape index (κ2) is 8.29. The summed E-state index contributed by atoms with van der Waals surface area (Å²) in [7, 11) is 0. The van der Waals surface area contributed by atoms with E-state index in [0.717, 1.165) is 6.07 Å². The van der Waals surface area contributed by atoms with Crippen molar-refractivity contribution in [3.63, 3.8) is 0 Å². The van der Waals surface area contributed by atoms with E-state index >= 15 is 0 Å². The maximum Gasteiger partial charge on any atom is 0.290 e. The minimum absolute atomic E-state index is 0.00627. The molecule has 11 heteroatoms. The van der Waals surface area contributed by atoms with Crippen molar-refractivity contribution in [1.29, 1.82) is 0 Å². The van der Waals surface area contributed by atoms with Crippen molar-refractivity contribution in [2.24, 2.45) is 0 Å². The van der Waals surface area contributed by atoms with E-state index in [-0.39, 0.29) is 24.6 Å². The SMILES string of the molecule is O=C(COc1ccc(F)cc1)NC12CCC(NC(=O)c3cc(C(F)F)no3)(CC1)CC2=O. The van der Waals surface area contributed by atoms with Gasteiger partial charge in [0, 0.05) is 18.0 Å². The third kappa shape index (κ3) is 4.32. The molecule has 2 bridgehead atoms. The smallest absolute Gasteiger partial charge is 0.290 e. The molecule has 3 saturated carbocycles. The molecule has 3 fully saturated rings. The van der Waals surface area contributed by atoms with Crippen LogP contribution in [0.5, 0.6) is 5.75 Å². The Bertz CT molecular complexity index is 1030. The molecule has 8 nitrogen and oxygen atoms in total. The number of rotatable bonds is 7. The molecule has 0 saturated heterocycles. The van der Waals surface area contributed by atoms with Gasteiger partial charge in [-0.15, -0.1) is 0 Å². The van der Waals surface area contributed by atoms with Crippen molar-refractivity contribution in [3.8, 4) is 5.75 Å². The van der Waals surface area contributed by atoms with Gasteiger partial charge < -0.3 is 19.9 Å². The van der Waals surface area contributed by atoms with E-state index in [0.29, 0.717) is 31.4 Å². The summed E-state index contributed by atoms with van der Waals surface area (Å²) in [5, 5.41) is 8.65. The third-order valence-corrected chi connectivity index (χ3v) is 6.01. The van der Waals surface area contributed by atoms with Crippen LogP contribution >= 0.6 is 0 Å². The largest absolute Gasteiger partial charge is 0.484 e. The van der Waals surface area contributed by atoms with Crippen LogP contribution in [-0.2, 0) is 9.59 Å². The van der Waals surface area contributed by atoms with Crippen LogP contribution in [0, 0.1) is 5.82 Å². The Morgan fingerprint density at radius 2 is 1.81 bits per heavy atom. The van der Waals surface area contributed by atoms with E-state index in [9.17, 15) is 27.6 Å². The first-order valence-corrected chi connectivity index (χ1v) is 10.0. The monoisotopic (exact) mass is 451 g/mol. The van der Waals surface area contributed by atoms with Crippen LogP contribution in [0.15, 0.2) is 34.9 Å². The van der Waals surface area contributed by atoms with Crippen LogP contribution in [0.2, 0.25) is 0 Å². The topological polar surface area (TPSA) is 111 Å². The first-order valence-electron chi connectivity index (χ1n) is 10.0. The first kappa shape index (κ1) is 21.8. The molecule has 170 valence electrons. The van der Waals surface area contributed by atoms with Gasteiger partial charge in [0.05, 0.1) is 5.54 Å². The number of fused-ring (bicyclic) bond motifs is 3. The molecule has 0 spiro atoms. The lowest BCUT2D eigenvalue weighted by Gasteiger charge is -2.52. The number of ether oxygens (including phenoxy) is 1. The maximum absolute atomic E-state index is 12.9. The summed E-state index contributed by atoms with van der Waals surface area (Å²) in [5.74, 6) is -1.89. The van der Waals surface area contributed by atoms with E-state index in [1.807, 2.05) is 0 Å². The molecule has 0 radical (unpaired) electrons. The normalized spacial score (nSPS) is 24.4. The molecule has 0 atom stereocenters. The fourth-order valence-electron chi connectivity index (χ4n) is 4.24. The highest BCUT2D eigenvalue weighted by molar-refractivity contribution is 5.97. The van der Waals surface area contributed by atoms with Gasteiger partial charge in [-0.1, -0.05) is 5.16 Å². The Hall–Kier alpha value is -3.37. The number of carbonyl (C=O) groups is 3. The fraction of sp³-hybridized carbons (Fsp3) is 0.429. The minimum Gasteiger partial charge on any atom is -0.484 e. The number of ketones is 1. The number of Topliss-reactive ketones (excluding diaryl/α,β-unsaturated/α-hetero) is 1. The zero-order valence-corrected chi connectivity index (χ0v) is 16.8. The van der Waals surface area contributed by atoms with Gasteiger partial charge in [-0.05, 0) is 49.9 Å². The molecular formula is C21H20F3N3O5. The van der Waals surface area contributed by atoms with Gasteiger partial charge in [-0.2, -0.15) is 0 Å². The molecule has 2 N–H and O–H groups in total. The van der Waals surface area contributed by atoms with Crippen LogP contribution < -0.4 is 15.4 Å². The van der Waals surface area contributed by atoms with Gasteiger partial charge in [-0.25, -0.2) is 13.2 Å². The standard InChI is InChI=1S/C21H20F3N3O5/c22-12-1-3-13(4-2-12)31-11-17(29)25-21-7-5-20(6-8-21,10-16(21)28)26-19(30)15-9-14(18(23)24)27-32-15/h1-4,9,18H,5-8,10-11H2,(H,25,29)(H,26,30). The molecule has 0 aliphatic heterocycles. The number of nitrogens with zero attached hydrogens (tertiary/aromatic N) is 1. The summed E-state index contributed by atoms with van der Waals surface area (Å²) in [6.07, 6.45) is -1.41. The lowest BCUT2D eigenvalue weighted by Crippen LogP contribution is -2.68. The number of nitrogens with one attached hydrogen (secondary N) is 2. The summed E-state index contributed by atoms with van der Waals surface area (Å²) in [6, 6.07) is 6.07. The zero-order valence-electron chi connectivity index (χ0n) is 16.8. The number of aromatic nitrogens is 1. The van der Waals surface area contributed by atoms with Gasteiger partial charge in [0.1, 0.15) is 11.6 Å². The quantitative estimate of drug-likeness (QED) is 0.670. The Labute approximate surface area is 180 Å². The zero-order chi connectivity index (χ0) is 22.9. The highest BCUT2D eigenvalue weighted by Gasteiger charge is 2.55. The Balaban J connectivity index is 1.34. The lowest BCUT2D eigenvalue weighted by molar-refractivity contribution is -0.140. The maximum atomic E-state index is 12.9. The number of halogens is 3. The van der Waals surface area contributed by atoms with Gasteiger partial charge in [0.15, 0.2) is 18.1 Å². The van der Waals surface area contributed by atoms with Crippen LogP contribution in [0.3, 0.4) is 0 Å². The van der Waals surface area contributed by atoms with Gasteiger partial charge in [-0.3, -0.25) is 14.4 Å². The number of hydrogen-bond acceptors (Lipinski definition) is 6. The molecular weight excluding hydrogens is 431 g/mol. The predicted molar refractivity (Wildman–Crippen MR) is 103 cm³/mol. The molecule has 1 heterocycles. The second-order valence-electron chi connectivity index (χ2n) is 8.12. The van der Waals surface area contributed by atoms with Crippen molar-refractivity contribution < 1.29 is 36.8 Å². The van der Waals surface area contributed by atoms with E-state index in [4.69, 9.17) is 4.74 Å². The van der Waals surface area contributed by atoms with E-state index in [1.54, 1.807) is 0 Å². The van der Waals surface area contributed by atoms with Crippen LogP contribution in [0.4, 0.5) is 13.2 Å². The highest BCUT2D eigenvalue weighted by Crippen LogP contribution is 2.45. The predicted octanol–water partition coefficient (Wildman–Crippen LogP) is 2.70. The average Bonchev–Trinajstić information content (AvgIpc) is 3.26. The molecule has 2 aromatic rings. The molecule has 1 aromatic carbocycles. The van der Waals surface area contributed by atoms with E-state index in [1.165, 1.54) is 24.3 Å². The van der Waals surface area contributed by atoms with E-state index < -0.39 is 40.8 Å². The summed E-state index contributed by atoms with van der Waals surface area (Å²) in [5.41, 5.74) is -2.51. The Kier molecular flexibility index (Phi) is 5.66. The molecule has 3 aliphatic rings. The van der Waals surface area contributed by atoms with Crippen LogP contribution in [0.25, 0.3) is 0 Å². The van der Waals surface area contributed by atoms with E-state index in [2.05, 4.69) is 20.3 Å². The fourth-order valence-corrected chi connectivity index (χ4v) is 4.24. The van der Waals surface area contributed by atoms with Crippen molar-refractivity contribution in [1.82, 2.24) is 15.8 Å². The molecule has 5 rings (SSSR count). The van der Waals surface area contributed by atoms with Crippen LogP contribution in [-0.4, -0.2) is 40.4 Å². The first-order chi connectivity index (χ1) is 15.2. The number of amides is 2. The molecule has 3 aliphatic carbocycles.